The van der Waals surface area contributed by atoms with Gasteiger partial charge in [0.1, 0.15) is 18.1 Å². The van der Waals surface area contributed by atoms with Gasteiger partial charge in [0.15, 0.2) is 5.82 Å². The Kier molecular flexibility index (Phi) is 7.93. The van der Waals surface area contributed by atoms with Crippen molar-refractivity contribution in [3.05, 3.63) is 71.3 Å². The van der Waals surface area contributed by atoms with Crippen LogP contribution in [0, 0.1) is 0 Å². The van der Waals surface area contributed by atoms with E-state index in [1.54, 1.807) is 7.11 Å². The van der Waals surface area contributed by atoms with Crippen molar-refractivity contribution in [3.63, 3.8) is 0 Å². The van der Waals surface area contributed by atoms with Gasteiger partial charge in [-0.3, -0.25) is 10.1 Å². The molecule has 2 aliphatic rings. The molecule has 5 rings (SSSR count). The molecule has 0 aliphatic carbocycles. The van der Waals surface area contributed by atoms with Crippen LogP contribution in [0.25, 0.3) is 0 Å². The van der Waals surface area contributed by atoms with Crippen molar-refractivity contribution >= 4 is 23.6 Å². The predicted octanol–water partition coefficient (Wildman–Crippen LogP) is 2.17. The van der Waals surface area contributed by atoms with Gasteiger partial charge in [-0.15, -0.1) is 0 Å². The molecule has 2 aliphatic heterocycles. The van der Waals surface area contributed by atoms with E-state index in [0.29, 0.717) is 30.6 Å². The smallest absolute Gasteiger partial charge is 0.324 e. The van der Waals surface area contributed by atoms with Gasteiger partial charge in [0.25, 0.3) is 0 Å². The average Bonchev–Trinajstić information content (AvgIpc) is 3.27. The van der Waals surface area contributed by atoms with Gasteiger partial charge in [-0.2, -0.15) is 9.97 Å². The molecule has 198 valence electrons. The quantitative estimate of drug-likeness (QED) is 0.390. The summed E-state index contributed by atoms with van der Waals surface area (Å²) in [6, 6.07) is 15.8. The zero-order chi connectivity index (χ0) is 26.3. The minimum atomic E-state index is -0.440. The Hall–Kier alpha value is -4.25. The maximum absolute atomic E-state index is 12.1. The van der Waals surface area contributed by atoms with Gasteiger partial charge in [-0.25, -0.2) is 9.78 Å². The van der Waals surface area contributed by atoms with Crippen molar-refractivity contribution < 1.29 is 19.1 Å². The number of carbonyl (C=O) groups is 2. The normalized spacial score (nSPS) is 15.5. The van der Waals surface area contributed by atoms with Gasteiger partial charge in [-0.1, -0.05) is 24.3 Å². The van der Waals surface area contributed by atoms with E-state index in [4.69, 9.17) is 9.47 Å². The number of ether oxygens (including phenoxy) is 2. The van der Waals surface area contributed by atoms with Crippen molar-refractivity contribution in [1.29, 1.82) is 0 Å². The topological polar surface area (TPSA) is 122 Å². The average molecular weight is 518 g/mol. The highest BCUT2D eigenvalue weighted by molar-refractivity contribution is 6.01. The summed E-state index contributed by atoms with van der Waals surface area (Å²) < 4.78 is 10.7. The zero-order valence-electron chi connectivity index (χ0n) is 21.4. The van der Waals surface area contributed by atoms with Crippen molar-refractivity contribution in [2.24, 2.45) is 0 Å². The molecule has 3 heterocycles. The Balaban J connectivity index is 1.27. The molecular formula is C27H31N7O4. The number of nitrogens with one attached hydrogen (secondary N) is 2. The van der Waals surface area contributed by atoms with Gasteiger partial charge < -0.3 is 24.6 Å². The highest BCUT2D eigenvalue weighted by Crippen LogP contribution is 2.18. The number of aromatic nitrogens is 3. The Morgan fingerprint density at radius 1 is 0.921 bits per heavy atom. The zero-order valence-corrected chi connectivity index (χ0v) is 21.4. The second kappa shape index (κ2) is 11.9. The number of hydrogen-bond donors (Lipinski definition) is 2. The molecule has 0 spiro atoms. The molecule has 2 saturated heterocycles. The summed E-state index contributed by atoms with van der Waals surface area (Å²) in [5.41, 5.74) is 3.42. The van der Waals surface area contributed by atoms with E-state index >= 15 is 0 Å². The first-order valence-electron chi connectivity index (χ1n) is 12.7. The number of anilines is 2. The molecule has 2 N–H and O–H groups in total. The number of imide groups is 1. The molecule has 0 bridgehead atoms. The number of amides is 3. The highest BCUT2D eigenvalue weighted by Gasteiger charge is 2.27. The van der Waals surface area contributed by atoms with Gasteiger partial charge in [0, 0.05) is 31.7 Å². The largest absolute Gasteiger partial charge is 0.497 e. The van der Waals surface area contributed by atoms with Gasteiger partial charge >= 0.3 is 6.03 Å². The van der Waals surface area contributed by atoms with Crippen LogP contribution in [0.1, 0.15) is 22.8 Å². The number of carbonyl (C=O) groups excluding carboxylic acids is 2. The molecular weight excluding hydrogens is 486 g/mol. The monoisotopic (exact) mass is 517 g/mol. The summed E-state index contributed by atoms with van der Waals surface area (Å²) in [5.74, 6) is 1.93. The number of benzene rings is 2. The summed E-state index contributed by atoms with van der Waals surface area (Å²) in [7, 11) is 1.63. The van der Waals surface area contributed by atoms with Crippen LogP contribution in [0.3, 0.4) is 0 Å². The van der Waals surface area contributed by atoms with Crippen LogP contribution in [-0.2, 0) is 35.5 Å². The van der Waals surface area contributed by atoms with Crippen LogP contribution in [0.4, 0.5) is 16.4 Å². The summed E-state index contributed by atoms with van der Waals surface area (Å²) in [4.78, 5) is 41.1. The Morgan fingerprint density at radius 3 is 2.32 bits per heavy atom. The molecule has 11 heteroatoms. The fraction of sp³-hybridized carbons (Fsp3) is 0.370. The minimum Gasteiger partial charge on any atom is -0.497 e. The summed E-state index contributed by atoms with van der Waals surface area (Å²) in [6.45, 7) is 3.94. The van der Waals surface area contributed by atoms with E-state index < -0.39 is 6.03 Å². The number of aryl methyl sites for hydroxylation is 2. The maximum Gasteiger partial charge on any atom is 0.324 e. The lowest BCUT2D eigenvalue weighted by Crippen LogP contribution is -2.36. The Labute approximate surface area is 221 Å². The second-order valence-electron chi connectivity index (χ2n) is 9.17. The molecule has 0 saturated carbocycles. The third kappa shape index (κ3) is 6.54. The van der Waals surface area contributed by atoms with Crippen LogP contribution in [-0.4, -0.2) is 71.7 Å². The SMILES string of the molecule is COc1ccc(CNc2nc(CCc3ccc(N4CCOCC4)cc3)nc(CN3CC(=O)NC3=O)n2)cc1. The second-order valence-corrected chi connectivity index (χ2v) is 9.17. The lowest BCUT2D eigenvalue weighted by molar-refractivity contribution is -0.118. The van der Waals surface area contributed by atoms with Gasteiger partial charge in [0.05, 0.1) is 26.9 Å². The van der Waals surface area contributed by atoms with Crippen molar-refractivity contribution in [3.8, 4) is 5.75 Å². The third-order valence-electron chi connectivity index (χ3n) is 6.49. The van der Waals surface area contributed by atoms with Crippen LogP contribution in [0.2, 0.25) is 0 Å². The molecule has 2 aromatic carbocycles. The molecule has 0 atom stereocenters. The molecule has 1 aromatic heterocycles. The van der Waals surface area contributed by atoms with Crippen LogP contribution < -0.4 is 20.3 Å². The van der Waals surface area contributed by atoms with Crippen LogP contribution in [0.15, 0.2) is 48.5 Å². The number of nitrogens with zero attached hydrogens (tertiary/aromatic N) is 5. The lowest BCUT2D eigenvalue weighted by atomic mass is 10.1. The minimum absolute atomic E-state index is 0.00997. The predicted molar refractivity (Wildman–Crippen MR) is 141 cm³/mol. The van der Waals surface area contributed by atoms with Crippen molar-refractivity contribution in [2.45, 2.75) is 25.9 Å². The Bertz CT molecular complexity index is 1260. The van der Waals surface area contributed by atoms with Gasteiger partial charge in [-0.05, 0) is 41.8 Å². The number of morpholine rings is 1. The number of urea groups is 1. The molecule has 0 radical (unpaired) electrons. The van der Waals surface area contributed by atoms with E-state index in [9.17, 15) is 9.59 Å². The number of methoxy groups -OCH3 is 1. The molecule has 3 amide bonds. The molecule has 2 fully saturated rings. The molecule has 3 aromatic rings. The van der Waals surface area contributed by atoms with E-state index in [1.165, 1.54) is 16.2 Å². The summed E-state index contributed by atoms with van der Waals surface area (Å²) in [6.07, 6.45) is 1.36. The van der Waals surface area contributed by atoms with Crippen LogP contribution in [0.5, 0.6) is 5.75 Å². The molecule has 11 nitrogen and oxygen atoms in total. The Morgan fingerprint density at radius 2 is 1.63 bits per heavy atom. The van der Waals surface area contributed by atoms with E-state index in [-0.39, 0.29) is 19.0 Å². The van der Waals surface area contributed by atoms with Crippen LogP contribution >= 0.6 is 0 Å². The first-order chi connectivity index (χ1) is 18.6. The summed E-state index contributed by atoms with van der Waals surface area (Å²) >= 11 is 0. The van der Waals surface area contributed by atoms with Gasteiger partial charge in [0.2, 0.25) is 11.9 Å². The lowest BCUT2D eigenvalue weighted by Gasteiger charge is -2.28. The van der Waals surface area contributed by atoms with Crippen molar-refractivity contribution in [1.82, 2.24) is 25.2 Å². The number of rotatable bonds is 10. The first-order valence-corrected chi connectivity index (χ1v) is 12.7. The fourth-order valence-corrected chi connectivity index (χ4v) is 4.39. The molecule has 38 heavy (non-hydrogen) atoms. The maximum atomic E-state index is 12.1. The van der Waals surface area contributed by atoms with E-state index in [1.807, 2.05) is 24.3 Å². The van der Waals surface area contributed by atoms with E-state index in [2.05, 4.69) is 54.8 Å². The highest BCUT2D eigenvalue weighted by atomic mass is 16.5. The fourth-order valence-electron chi connectivity index (χ4n) is 4.39. The molecule has 0 unspecified atom stereocenters. The first kappa shape index (κ1) is 25.4. The van der Waals surface area contributed by atoms with Crippen molar-refractivity contribution in [2.75, 3.05) is 50.2 Å². The standard InChI is InChI=1S/C27H31N7O4/c1-37-22-9-4-20(5-10-22)16-28-26-30-23(29-24(31-26)17-34-18-25(35)32-27(34)36)11-6-19-2-7-21(8-3-19)33-12-14-38-15-13-33/h2-5,7-10H,6,11-18H2,1H3,(H,32,35,36)(H,28,29,30,31). The van der Waals surface area contributed by atoms with E-state index in [0.717, 1.165) is 44.0 Å². The number of hydrogen-bond acceptors (Lipinski definition) is 9. The third-order valence-corrected chi connectivity index (χ3v) is 6.49. The summed E-state index contributed by atoms with van der Waals surface area (Å²) in [5, 5.41) is 5.55.